The number of carbonyl (C=O) groups excluding carboxylic acids is 2. The second-order valence-corrected chi connectivity index (χ2v) is 9.49. The number of para-hydroxylation sites is 1. The summed E-state index contributed by atoms with van der Waals surface area (Å²) in [6.45, 7) is 1.04. The Hall–Kier alpha value is -2.91. The number of amides is 3. The SMILES string of the molecule is CN(C)S(=O)(=O)c1ccc(C(=O)N2CCC(NC(=O)Nc3ccccc3)CC2)cc1. The van der Waals surface area contributed by atoms with E-state index in [2.05, 4.69) is 10.6 Å². The normalized spacial score (nSPS) is 15.1. The van der Waals surface area contributed by atoms with Gasteiger partial charge in [-0.2, -0.15) is 0 Å². The van der Waals surface area contributed by atoms with Crippen LogP contribution in [0.25, 0.3) is 0 Å². The van der Waals surface area contributed by atoms with Crippen molar-refractivity contribution < 1.29 is 18.0 Å². The fourth-order valence-electron chi connectivity index (χ4n) is 3.26. The fraction of sp³-hybridized carbons (Fsp3) is 0.333. The van der Waals surface area contributed by atoms with Gasteiger partial charge in [0.15, 0.2) is 0 Å². The Morgan fingerprint density at radius 1 is 0.967 bits per heavy atom. The summed E-state index contributed by atoms with van der Waals surface area (Å²) in [6, 6.07) is 14.9. The van der Waals surface area contributed by atoms with E-state index in [1.54, 1.807) is 4.90 Å². The van der Waals surface area contributed by atoms with E-state index >= 15 is 0 Å². The molecular weight excluding hydrogens is 404 g/mol. The van der Waals surface area contributed by atoms with E-state index in [9.17, 15) is 18.0 Å². The Morgan fingerprint density at radius 3 is 2.13 bits per heavy atom. The number of urea groups is 1. The van der Waals surface area contributed by atoms with Gasteiger partial charge in [0.1, 0.15) is 0 Å². The van der Waals surface area contributed by atoms with E-state index in [-0.39, 0.29) is 22.9 Å². The van der Waals surface area contributed by atoms with Crippen LogP contribution in [0.4, 0.5) is 10.5 Å². The molecule has 160 valence electrons. The number of piperidine rings is 1. The molecule has 3 rings (SSSR count). The molecule has 0 unspecified atom stereocenters. The summed E-state index contributed by atoms with van der Waals surface area (Å²) in [5.41, 5.74) is 1.17. The molecule has 2 aromatic rings. The molecule has 0 saturated carbocycles. The highest BCUT2D eigenvalue weighted by atomic mass is 32.2. The van der Waals surface area contributed by atoms with Gasteiger partial charge in [0.25, 0.3) is 5.91 Å². The molecule has 0 spiro atoms. The molecule has 0 bridgehead atoms. The molecule has 0 atom stereocenters. The van der Waals surface area contributed by atoms with Crippen LogP contribution >= 0.6 is 0 Å². The predicted octanol–water partition coefficient (Wildman–Crippen LogP) is 2.36. The first kappa shape index (κ1) is 21.8. The van der Waals surface area contributed by atoms with E-state index in [1.807, 2.05) is 30.3 Å². The second-order valence-electron chi connectivity index (χ2n) is 7.34. The van der Waals surface area contributed by atoms with E-state index in [4.69, 9.17) is 0 Å². The quantitative estimate of drug-likeness (QED) is 0.761. The van der Waals surface area contributed by atoms with Crippen LogP contribution in [0.2, 0.25) is 0 Å². The molecule has 30 heavy (non-hydrogen) atoms. The van der Waals surface area contributed by atoms with Crippen LogP contribution in [-0.2, 0) is 10.0 Å². The Labute approximate surface area is 176 Å². The monoisotopic (exact) mass is 430 g/mol. The third kappa shape index (κ3) is 5.17. The molecule has 0 radical (unpaired) electrons. The summed E-state index contributed by atoms with van der Waals surface area (Å²) >= 11 is 0. The Balaban J connectivity index is 1.52. The minimum atomic E-state index is -3.52. The molecular formula is C21H26N4O4S. The standard InChI is InChI=1S/C21H26N4O4S/c1-24(2)30(28,29)19-10-8-16(9-11-19)20(26)25-14-12-18(13-15-25)23-21(27)22-17-6-4-3-5-7-17/h3-11,18H,12-15H2,1-2H3,(H2,22,23,27). The predicted molar refractivity (Wildman–Crippen MR) is 115 cm³/mol. The lowest BCUT2D eigenvalue weighted by molar-refractivity contribution is 0.0708. The van der Waals surface area contributed by atoms with Gasteiger partial charge in [-0.05, 0) is 49.2 Å². The van der Waals surface area contributed by atoms with Crippen molar-refractivity contribution in [1.29, 1.82) is 0 Å². The van der Waals surface area contributed by atoms with Gasteiger partial charge in [-0.3, -0.25) is 4.79 Å². The van der Waals surface area contributed by atoms with Crippen LogP contribution in [0.3, 0.4) is 0 Å². The van der Waals surface area contributed by atoms with E-state index in [0.29, 0.717) is 31.5 Å². The number of nitrogens with one attached hydrogen (secondary N) is 2. The first-order valence-corrected chi connectivity index (χ1v) is 11.2. The van der Waals surface area contributed by atoms with E-state index in [1.165, 1.54) is 38.4 Å². The highest BCUT2D eigenvalue weighted by Gasteiger charge is 2.25. The zero-order valence-corrected chi connectivity index (χ0v) is 17.9. The molecule has 8 nitrogen and oxygen atoms in total. The lowest BCUT2D eigenvalue weighted by atomic mass is 10.0. The zero-order valence-electron chi connectivity index (χ0n) is 17.0. The van der Waals surface area contributed by atoms with Crippen molar-refractivity contribution in [3.05, 3.63) is 60.2 Å². The summed E-state index contributed by atoms with van der Waals surface area (Å²) < 4.78 is 25.4. The summed E-state index contributed by atoms with van der Waals surface area (Å²) in [4.78, 5) is 26.7. The van der Waals surface area contributed by atoms with Gasteiger partial charge >= 0.3 is 6.03 Å². The van der Waals surface area contributed by atoms with Crippen molar-refractivity contribution >= 4 is 27.6 Å². The Morgan fingerprint density at radius 2 is 1.57 bits per heavy atom. The number of carbonyl (C=O) groups is 2. The maximum absolute atomic E-state index is 12.7. The Kier molecular flexibility index (Phi) is 6.73. The maximum Gasteiger partial charge on any atom is 0.319 e. The third-order valence-electron chi connectivity index (χ3n) is 5.03. The van der Waals surface area contributed by atoms with Crippen molar-refractivity contribution in [1.82, 2.24) is 14.5 Å². The van der Waals surface area contributed by atoms with Crippen molar-refractivity contribution in [2.24, 2.45) is 0 Å². The summed E-state index contributed by atoms with van der Waals surface area (Å²) in [6.07, 6.45) is 1.31. The van der Waals surface area contributed by atoms with Gasteiger partial charge in [-0.15, -0.1) is 0 Å². The smallest absolute Gasteiger partial charge is 0.319 e. The molecule has 9 heteroatoms. The number of benzene rings is 2. The lowest BCUT2D eigenvalue weighted by Crippen LogP contribution is -2.47. The van der Waals surface area contributed by atoms with Crippen LogP contribution in [-0.4, -0.2) is 62.8 Å². The molecule has 2 N–H and O–H groups in total. The number of anilines is 1. The summed E-state index contributed by atoms with van der Waals surface area (Å²) in [7, 11) is -0.593. The van der Waals surface area contributed by atoms with E-state index < -0.39 is 10.0 Å². The number of rotatable bonds is 5. The second kappa shape index (κ2) is 9.27. The fourth-order valence-corrected chi connectivity index (χ4v) is 4.17. The van der Waals surface area contributed by atoms with E-state index in [0.717, 1.165) is 9.99 Å². The van der Waals surface area contributed by atoms with Crippen LogP contribution in [0, 0.1) is 0 Å². The number of hydrogen-bond acceptors (Lipinski definition) is 4. The maximum atomic E-state index is 12.7. The zero-order chi connectivity index (χ0) is 21.7. The number of likely N-dealkylation sites (tertiary alicyclic amines) is 1. The summed E-state index contributed by atoms with van der Waals surface area (Å²) in [5.74, 6) is -0.143. The average Bonchev–Trinajstić information content (AvgIpc) is 2.74. The average molecular weight is 431 g/mol. The molecule has 1 saturated heterocycles. The van der Waals surface area contributed by atoms with Gasteiger partial charge in [-0.1, -0.05) is 18.2 Å². The highest BCUT2D eigenvalue weighted by molar-refractivity contribution is 7.89. The molecule has 1 aliphatic rings. The van der Waals surface area contributed by atoms with Crippen molar-refractivity contribution in [3.63, 3.8) is 0 Å². The minimum Gasteiger partial charge on any atom is -0.338 e. The number of nitrogens with zero attached hydrogens (tertiary/aromatic N) is 2. The van der Waals surface area contributed by atoms with Gasteiger partial charge in [0.2, 0.25) is 10.0 Å². The molecule has 0 aromatic heterocycles. The lowest BCUT2D eigenvalue weighted by Gasteiger charge is -2.32. The number of hydrogen-bond donors (Lipinski definition) is 2. The first-order valence-electron chi connectivity index (χ1n) is 9.72. The van der Waals surface area contributed by atoms with Gasteiger partial charge in [0, 0.05) is 44.5 Å². The largest absolute Gasteiger partial charge is 0.338 e. The minimum absolute atomic E-state index is 0.00891. The highest BCUT2D eigenvalue weighted by Crippen LogP contribution is 2.18. The Bertz CT molecular complexity index is 983. The van der Waals surface area contributed by atoms with Crippen LogP contribution < -0.4 is 10.6 Å². The van der Waals surface area contributed by atoms with Crippen molar-refractivity contribution in [3.8, 4) is 0 Å². The number of sulfonamides is 1. The topological polar surface area (TPSA) is 98.8 Å². The third-order valence-corrected chi connectivity index (χ3v) is 6.86. The van der Waals surface area contributed by atoms with Gasteiger partial charge < -0.3 is 15.5 Å². The van der Waals surface area contributed by atoms with Crippen LogP contribution in [0.15, 0.2) is 59.5 Å². The molecule has 1 heterocycles. The molecule has 3 amide bonds. The van der Waals surface area contributed by atoms with Crippen LogP contribution in [0.1, 0.15) is 23.2 Å². The van der Waals surface area contributed by atoms with Crippen molar-refractivity contribution in [2.75, 3.05) is 32.5 Å². The molecule has 1 aliphatic heterocycles. The van der Waals surface area contributed by atoms with Gasteiger partial charge in [-0.25, -0.2) is 17.5 Å². The molecule has 0 aliphatic carbocycles. The molecule has 2 aromatic carbocycles. The summed E-state index contributed by atoms with van der Waals surface area (Å²) in [5, 5.41) is 5.73. The first-order chi connectivity index (χ1) is 14.3. The molecule has 1 fully saturated rings. The van der Waals surface area contributed by atoms with Crippen molar-refractivity contribution in [2.45, 2.75) is 23.8 Å². The van der Waals surface area contributed by atoms with Crippen LogP contribution in [0.5, 0.6) is 0 Å². The van der Waals surface area contributed by atoms with Gasteiger partial charge in [0.05, 0.1) is 4.90 Å².